The molecule has 1 aliphatic rings. The molecule has 0 fully saturated rings. The molecule has 0 radical (unpaired) electrons. The van der Waals surface area contributed by atoms with Crippen molar-refractivity contribution in [2.24, 2.45) is 0 Å². The van der Waals surface area contributed by atoms with Crippen molar-refractivity contribution in [3.63, 3.8) is 0 Å². The molecule has 0 aliphatic carbocycles. The summed E-state index contributed by atoms with van der Waals surface area (Å²) in [6.07, 6.45) is 0.289. The van der Waals surface area contributed by atoms with E-state index in [0.29, 0.717) is 11.1 Å². The van der Waals surface area contributed by atoms with E-state index in [0.717, 1.165) is 11.3 Å². The molecule has 1 aliphatic heterocycles. The summed E-state index contributed by atoms with van der Waals surface area (Å²) in [5.74, 6) is -0.810. The van der Waals surface area contributed by atoms with Crippen molar-refractivity contribution in [2.45, 2.75) is 6.42 Å². The van der Waals surface area contributed by atoms with Gasteiger partial charge in [0.2, 0.25) is 5.91 Å². The molecule has 1 heterocycles. The van der Waals surface area contributed by atoms with Gasteiger partial charge in [-0.25, -0.2) is 4.39 Å². The zero-order chi connectivity index (χ0) is 15.1. The molecule has 0 unspecified atom stereocenters. The average Bonchev–Trinajstić information content (AvgIpc) is 2.76. The quantitative estimate of drug-likeness (QED) is 0.799. The highest BCUT2D eigenvalue weighted by molar-refractivity contribution is 6.31. The van der Waals surface area contributed by atoms with Crippen LogP contribution in [-0.4, -0.2) is 18.7 Å². The van der Waals surface area contributed by atoms with E-state index in [-0.39, 0.29) is 23.1 Å². The Hall–Kier alpha value is -2.20. The van der Waals surface area contributed by atoms with Crippen LogP contribution in [0.25, 0.3) is 0 Å². The van der Waals surface area contributed by atoms with E-state index in [1.165, 1.54) is 18.2 Å². The number of rotatable bonds is 2. The second-order valence-electron chi connectivity index (χ2n) is 4.93. The van der Waals surface area contributed by atoms with Crippen LogP contribution in [0.4, 0.5) is 10.1 Å². The highest BCUT2D eigenvalue weighted by Crippen LogP contribution is 2.29. The van der Waals surface area contributed by atoms with Crippen molar-refractivity contribution in [3.05, 3.63) is 63.9 Å². The average molecular weight is 304 g/mol. The normalized spacial score (nSPS) is 13.5. The second kappa shape index (κ2) is 4.97. The predicted molar refractivity (Wildman–Crippen MR) is 78.4 cm³/mol. The van der Waals surface area contributed by atoms with E-state index in [9.17, 15) is 14.0 Å². The third kappa shape index (κ3) is 2.32. The van der Waals surface area contributed by atoms with Crippen LogP contribution in [0.2, 0.25) is 5.02 Å². The summed E-state index contributed by atoms with van der Waals surface area (Å²) in [5.41, 5.74) is 2.41. The van der Waals surface area contributed by atoms with Crippen molar-refractivity contribution in [3.8, 4) is 0 Å². The molecule has 0 aromatic heterocycles. The van der Waals surface area contributed by atoms with Gasteiger partial charge in [0, 0.05) is 23.9 Å². The lowest BCUT2D eigenvalue weighted by Gasteiger charge is -2.10. The number of nitrogens with zero attached hydrogens (tertiary/aromatic N) is 1. The first-order valence-electron chi connectivity index (χ1n) is 6.36. The van der Waals surface area contributed by atoms with E-state index < -0.39 is 5.82 Å². The van der Waals surface area contributed by atoms with Gasteiger partial charge >= 0.3 is 0 Å². The summed E-state index contributed by atoms with van der Waals surface area (Å²) < 4.78 is 13.1. The molecule has 2 aromatic rings. The maximum atomic E-state index is 13.1. The van der Waals surface area contributed by atoms with Gasteiger partial charge in [0.05, 0.1) is 11.4 Å². The summed E-state index contributed by atoms with van der Waals surface area (Å²) in [6.45, 7) is 0. The minimum Gasteiger partial charge on any atom is -0.315 e. The molecule has 0 bridgehead atoms. The third-order valence-electron chi connectivity index (χ3n) is 3.60. The largest absolute Gasteiger partial charge is 0.315 e. The Morgan fingerprint density at radius 2 is 1.86 bits per heavy atom. The van der Waals surface area contributed by atoms with Crippen LogP contribution in [-0.2, 0) is 11.2 Å². The van der Waals surface area contributed by atoms with Gasteiger partial charge in [-0.2, -0.15) is 0 Å². The Kier molecular flexibility index (Phi) is 3.26. The van der Waals surface area contributed by atoms with Crippen molar-refractivity contribution >= 4 is 29.0 Å². The van der Waals surface area contributed by atoms with Gasteiger partial charge in [-0.15, -0.1) is 0 Å². The first-order valence-corrected chi connectivity index (χ1v) is 6.74. The molecule has 21 heavy (non-hydrogen) atoms. The summed E-state index contributed by atoms with van der Waals surface area (Å²) in [7, 11) is 1.70. The maximum absolute atomic E-state index is 13.1. The summed E-state index contributed by atoms with van der Waals surface area (Å²) in [5, 5.41) is -0.0862. The van der Waals surface area contributed by atoms with Crippen LogP contribution in [0.15, 0.2) is 36.4 Å². The van der Waals surface area contributed by atoms with Crippen LogP contribution in [0, 0.1) is 5.82 Å². The number of benzene rings is 2. The van der Waals surface area contributed by atoms with Crippen LogP contribution < -0.4 is 4.90 Å². The monoisotopic (exact) mass is 303 g/mol. The molecular weight excluding hydrogens is 293 g/mol. The molecule has 0 atom stereocenters. The van der Waals surface area contributed by atoms with Crippen molar-refractivity contribution in [1.29, 1.82) is 0 Å². The van der Waals surface area contributed by atoms with Gasteiger partial charge in [0.25, 0.3) is 0 Å². The molecule has 5 heteroatoms. The fourth-order valence-electron chi connectivity index (χ4n) is 2.42. The molecule has 2 aromatic carbocycles. The molecular formula is C16H11ClFNO2. The van der Waals surface area contributed by atoms with Gasteiger partial charge < -0.3 is 4.90 Å². The minimum absolute atomic E-state index is 0.000532. The van der Waals surface area contributed by atoms with Gasteiger partial charge in [0.15, 0.2) is 5.78 Å². The number of carbonyl (C=O) groups is 2. The number of amides is 1. The Morgan fingerprint density at radius 3 is 2.57 bits per heavy atom. The zero-order valence-electron chi connectivity index (χ0n) is 11.2. The SMILES string of the molecule is CN1C(=O)Cc2cc(C(=O)c3ccc(F)c(Cl)c3)ccc21. The summed E-state index contributed by atoms with van der Waals surface area (Å²) >= 11 is 5.70. The Morgan fingerprint density at radius 1 is 1.19 bits per heavy atom. The number of ketones is 1. The van der Waals surface area contributed by atoms with Crippen molar-refractivity contribution < 1.29 is 14.0 Å². The summed E-state index contributed by atoms with van der Waals surface area (Å²) in [4.78, 5) is 25.6. The van der Waals surface area contributed by atoms with Crippen LogP contribution in [0.1, 0.15) is 21.5 Å². The first kappa shape index (κ1) is 13.8. The number of carbonyl (C=O) groups excluding carboxylic acids is 2. The molecule has 0 saturated heterocycles. The van der Waals surface area contributed by atoms with E-state index in [4.69, 9.17) is 11.6 Å². The number of anilines is 1. The molecule has 0 saturated carbocycles. The number of fused-ring (bicyclic) bond motifs is 1. The topological polar surface area (TPSA) is 37.4 Å². The molecule has 3 nitrogen and oxygen atoms in total. The number of hydrogen-bond acceptors (Lipinski definition) is 2. The smallest absolute Gasteiger partial charge is 0.231 e. The summed E-state index contributed by atoms with van der Waals surface area (Å²) in [6, 6.07) is 8.99. The van der Waals surface area contributed by atoms with Crippen molar-refractivity contribution in [2.75, 3.05) is 11.9 Å². The molecule has 1 amide bonds. The maximum Gasteiger partial charge on any atom is 0.231 e. The van der Waals surface area contributed by atoms with E-state index in [1.54, 1.807) is 30.1 Å². The van der Waals surface area contributed by atoms with E-state index in [2.05, 4.69) is 0 Å². The fourth-order valence-corrected chi connectivity index (χ4v) is 2.60. The number of likely N-dealkylation sites (N-methyl/N-ethyl adjacent to an activating group) is 1. The molecule has 106 valence electrons. The lowest BCUT2D eigenvalue weighted by Crippen LogP contribution is -2.20. The van der Waals surface area contributed by atoms with Crippen LogP contribution in [0.3, 0.4) is 0 Å². The Labute approximate surface area is 125 Å². The predicted octanol–water partition coefficient (Wildman–Crippen LogP) is 3.23. The minimum atomic E-state index is -0.561. The third-order valence-corrected chi connectivity index (χ3v) is 3.89. The standard InChI is InChI=1S/C16H11ClFNO2/c1-19-14-5-3-9(6-11(14)8-15(19)20)16(21)10-2-4-13(18)12(17)7-10/h2-7H,8H2,1H3. The van der Waals surface area contributed by atoms with Crippen molar-refractivity contribution in [1.82, 2.24) is 0 Å². The van der Waals surface area contributed by atoms with Gasteiger partial charge in [-0.3, -0.25) is 9.59 Å². The lowest BCUT2D eigenvalue weighted by atomic mass is 10.00. The zero-order valence-corrected chi connectivity index (χ0v) is 11.9. The van der Waals surface area contributed by atoms with Gasteiger partial charge in [-0.05, 0) is 42.0 Å². The van der Waals surface area contributed by atoms with Crippen LogP contribution >= 0.6 is 11.6 Å². The highest BCUT2D eigenvalue weighted by atomic mass is 35.5. The Bertz CT molecular complexity index is 773. The fraction of sp³-hybridized carbons (Fsp3) is 0.125. The molecule has 0 spiro atoms. The Balaban J connectivity index is 1.98. The first-order chi connectivity index (χ1) is 9.97. The number of halogens is 2. The highest BCUT2D eigenvalue weighted by Gasteiger charge is 2.25. The lowest BCUT2D eigenvalue weighted by molar-refractivity contribution is -0.117. The molecule has 3 rings (SSSR count). The van der Waals surface area contributed by atoms with E-state index in [1.807, 2.05) is 0 Å². The van der Waals surface area contributed by atoms with Crippen LogP contribution in [0.5, 0.6) is 0 Å². The number of hydrogen-bond donors (Lipinski definition) is 0. The second-order valence-corrected chi connectivity index (χ2v) is 5.34. The van der Waals surface area contributed by atoms with E-state index >= 15 is 0 Å². The van der Waals surface area contributed by atoms with Gasteiger partial charge in [-0.1, -0.05) is 11.6 Å². The molecule has 0 N–H and O–H groups in total. The van der Waals surface area contributed by atoms with Gasteiger partial charge in [0.1, 0.15) is 5.82 Å².